The molecule has 0 unspecified atom stereocenters. The number of halogens is 2. The van der Waals surface area contributed by atoms with Gasteiger partial charge in [0, 0.05) is 10.4 Å². The predicted molar refractivity (Wildman–Crippen MR) is 108 cm³/mol. The molecule has 0 amide bonds. The Morgan fingerprint density at radius 2 is 1.92 bits per heavy atom. The van der Waals surface area contributed by atoms with Crippen LogP contribution < -0.4 is 5.73 Å². The van der Waals surface area contributed by atoms with E-state index in [9.17, 15) is 0 Å². The molecule has 3 saturated carbocycles. The average Bonchev–Trinajstić information content (AvgIpc) is 2.91. The summed E-state index contributed by atoms with van der Waals surface area (Å²) in [6.07, 6.45) is 4.46. The van der Waals surface area contributed by atoms with Gasteiger partial charge in [-0.25, -0.2) is 0 Å². The highest BCUT2D eigenvalue weighted by molar-refractivity contribution is 9.10. The van der Waals surface area contributed by atoms with Crippen LogP contribution in [-0.2, 0) is 15.7 Å². The van der Waals surface area contributed by atoms with E-state index in [0.29, 0.717) is 11.3 Å². The third-order valence-electron chi connectivity index (χ3n) is 7.00. The molecule has 1 saturated heterocycles. The van der Waals surface area contributed by atoms with Gasteiger partial charge in [-0.1, -0.05) is 41.9 Å². The van der Waals surface area contributed by atoms with Crippen molar-refractivity contribution < 1.29 is 9.31 Å². The summed E-state index contributed by atoms with van der Waals surface area (Å²) in [6, 6.07) is 8.44. The van der Waals surface area contributed by atoms with E-state index in [0.717, 1.165) is 29.7 Å². The van der Waals surface area contributed by atoms with Gasteiger partial charge in [0.15, 0.2) is 0 Å². The van der Waals surface area contributed by atoms with E-state index in [1.165, 1.54) is 12.0 Å². The Balaban J connectivity index is 0.00000182. The Hall–Kier alpha value is -0.0651. The summed E-state index contributed by atoms with van der Waals surface area (Å²) in [5.41, 5.74) is 7.97. The van der Waals surface area contributed by atoms with E-state index in [4.69, 9.17) is 15.0 Å². The summed E-state index contributed by atoms with van der Waals surface area (Å²) in [5, 5.41) is 0. The zero-order valence-electron chi connectivity index (χ0n) is 15.2. The first-order valence-electron chi connectivity index (χ1n) is 9.14. The fraction of sp³-hybridized carbons (Fsp3) is 0.684. The molecule has 4 aliphatic rings. The van der Waals surface area contributed by atoms with Gasteiger partial charge in [-0.3, -0.25) is 0 Å². The molecule has 1 aliphatic heterocycles. The van der Waals surface area contributed by atoms with Crippen LogP contribution in [0.2, 0.25) is 0 Å². The van der Waals surface area contributed by atoms with Crippen molar-refractivity contribution in [2.75, 3.05) is 0 Å². The lowest BCUT2D eigenvalue weighted by molar-refractivity contribution is -0.199. The van der Waals surface area contributed by atoms with Gasteiger partial charge in [0.2, 0.25) is 0 Å². The van der Waals surface area contributed by atoms with Crippen molar-refractivity contribution in [3.8, 4) is 0 Å². The van der Waals surface area contributed by atoms with Crippen LogP contribution in [0.25, 0.3) is 0 Å². The SMILES string of the molecule is CC1(C)[C@@H]2C[C@H]3OB([C@@H](N)CCc4ccc(Br)cc4)O[C@@]3(C)[C@H]1C2.Cl. The normalized spacial score (nSPS) is 36.2. The van der Waals surface area contributed by atoms with Crippen LogP contribution in [-0.4, -0.2) is 24.8 Å². The van der Waals surface area contributed by atoms with E-state index < -0.39 is 0 Å². The molecule has 3 nitrogen and oxygen atoms in total. The lowest BCUT2D eigenvalue weighted by atomic mass is 9.43. The van der Waals surface area contributed by atoms with Crippen LogP contribution in [0.5, 0.6) is 0 Å². The van der Waals surface area contributed by atoms with Crippen molar-refractivity contribution in [3.63, 3.8) is 0 Å². The van der Waals surface area contributed by atoms with Crippen LogP contribution >= 0.6 is 28.3 Å². The molecular weight excluding hydrogens is 400 g/mol. The minimum absolute atomic E-state index is 0. The summed E-state index contributed by atoms with van der Waals surface area (Å²) in [7, 11) is -0.259. The quantitative estimate of drug-likeness (QED) is 0.723. The Morgan fingerprint density at radius 1 is 1.24 bits per heavy atom. The second kappa shape index (κ2) is 6.83. The number of nitrogens with two attached hydrogens (primary N) is 1. The minimum atomic E-state index is -0.259. The fourth-order valence-electron chi connectivity index (χ4n) is 5.20. The van der Waals surface area contributed by atoms with Gasteiger partial charge in [-0.05, 0) is 67.6 Å². The summed E-state index contributed by atoms with van der Waals surface area (Å²) in [5.74, 6) is 1.30. The minimum Gasteiger partial charge on any atom is -0.404 e. The molecule has 1 heterocycles. The van der Waals surface area contributed by atoms with E-state index in [2.05, 4.69) is 61.0 Å². The molecule has 4 fully saturated rings. The van der Waals surface area contributed by atoms with Gasteiger partial charge >= 0.3 is 7.12 Å². The second-order valence-electron chi connectivity index (χ2n) is 8.67. The van der Waals surface area contributed by atoms with Crippen LogP contribution in [0.15, 0.2) is 28.7 Å². The molecule has 2 N–H and O–H groups in total. The van der Waals surface area contributed by atoms with Crippen LogP contribution in [0, 0.1) is 17.3 Å². The summed E-state index contributed by atoms with van der Waals surface area (Å²) in [4.78, 5) is 0. The smallest absolute Gasteiger partial charge is 0.404 e. The van der Waals surface area contributed by atoms with Crippen molar-refractivity contribution in [2.24, 2.45) is 23.0 Å². The highest BCUT2D eigenvalue weighted by atomic mass is 79.9. The van der Waals surface area contributed by atoms with Gasteiger partial charge in [0.1, 0.15) is 0 Å². The first kappa shape index (κ1) is 19.7. The Morgan fingerprint density at radius 3 is 2.56 bits per heavy atom. The third-order valence-corrected chi connectivity index (χ3v) is 7.53. The van der Waals surface area contributed by atoms with Crippen molar-refractivity contribution in [1.82, 2.24) is 0 Å². The molecule has 0 spiro atoms. The molecule has 25 heavy (non-hydrogen) atoms. The van der Waals surface area contributed by atoms with Gasteiger partial charge < -0.3 is 15.0 Å². The lowest BCUT2D eigenvalue weighted by Gasteiger charge is -2.64. The topological polar surface area (TPSA) is 44.5 Å². The molecule has 138 valence electrons. The molecule has 1 aromatic carbocycles. The molecule has 6 heteroatoms. The van der Waals surface area contributed by atoms with Crippen LogP contribution in [0.1, 0.15) is 45.6 Å². The first-order chi connectivity index (χ1) is 11.3. The van der Waals surface area contributed by atoms with Gasteiger partial charge in [-0.2, -0.15) is 0 Å². The van der Waals surface area contributed by atoms with Crippen molar-refractivity contribution in [3.05, 3.63) is 34.3 Å². The maximum Gasteiger partial charge on any atom is 0.475 e. The largest absolute Gasteiger partial charge is 0.475 e. The van der Waals surface area contributed by atoms with Gasteiger partial charge in [-0.15, -0.1) is 12.4 Å². The predicted octanol–water partition coefficient (Wildman–Crippen LogP) is 4.40. The van der Waals surface area contributed by atoms with E-state index >= 15 is 0 Å². The van der Waals surface area contributed by atoms with Crippen LogP contribution in [0.3, 0.4) is 0 Å². The van der Waals surface area contributed by atoms with Crippen LogP contribution in [0.4, 0.5) is 0 Å². The van der Waals surface area contributed by atoms with Crippen molar-refractivity contribution in [1.29, 1.82) is 0 Å². The zero-order chi connectivity index (χ0) is 17.1. The van der Waals surface area contributed by atoms with Crippen molar-refractivity contribution in [2.45, 2.75) is 64.1 Å². The lowest BCUT2D eigenvalue weighted by Crippen LogP contribution is -2.65. The maximum atomic E-state index is 6.45. The Bertz CT molecular complexity index is 628. The van der Waals surface area contributed by atoms with E-state index in [-0.39, 0.29) is 37.2 Å². The molecule has 0 radical (unpaired) electrons. The summed E-state index contributed by atoms with van der Waals surface area (Å²) in [6.45, 7) is 7.02. The molecule has 3 aliphatic carbocycles. The first-order valence-corrected chi connectivity index (χ1v) is 9.93. The third kappa shape index (κ3) is 3.21. The second-order valence-corrected chi connectivity index (χ2v) is 9.58. The standard InChI is InChI=1S/C19H27BBrNO2.ClH/c1-18(2)13-10-15(18)19(3)16(11-13)23-20(24-19)17(22)9-6-12-4-7-14(21)8-5-12;/h4-5,7-8,13,15-17H,6,9-11,22H2,1-3H3;1H/t13-,15-,16+,17-,19-;/m0./s1. The Kier molecular flexibility index (Phi) is 5.38. The molecular formula is C19H28BBrClNO2. The highest BCUT2D eigenvalue weighted by Gasteiger charge is 2.68. The van der Waals surface area contributed by atoms with E-state index in [1.807, 2.05) is 0 Å². The zero-order valence-corrected chi connectivity index (χ0v) is 17.6. The summed E-state index contributed by atoms with van der Waals surface area (Å²) >= 11 is 3.47. The number of hydrogen-bond donors (Lipinski definition) is 1. The number of hydrogen-bond acceptors (Lipinski definition) is 3. The number of benzene rings is 1. The summed E-state index contributed by atoms with van der Waals surface area (Å²) < 4.78 is 13.8. The van der Waals surface area contributed by atoms with Gasteiger partial charge in [0.25, 0.3) is 0 Å². The fourth-order valence-corrected chi connectivity index (χ4v) is 5.47. The van der Waals surface area contributed by atoms with Gasteiger partial charge in [0.05, 0.1) is 11.7 Å². The monoisotopic (exact) mass is 427 g/mol. The number of aryl methyl sites for hydroxylation is 1. The highest BCUT2D eigenvalue weighted by Crippen LogP contribution is 2.65. The molecule has 2 bridgehead atoms. The number of rotatable bonds is 4. The molecule has 5 atom stereocenters. The molecule has 5 rings (SSSR count). The van der Waals surface area contributed by atoms with Crippen molar-refractivity contribution >= 4 is 35.5 Å². The molecule has 1 aromatic rings. The molecule has 0 aromatic heterocycles. The van der Waals surface area contributed by atoms with E-state index in [1.54, 1.807) is 0 Å². The Labute approximate surface area is 166 Å². The maximum absolute atomic E-state index is 6.45. The average molecular weight is 429 g/mol.